The summed E-state index contributed by atoms with van der Waals surface area (Å²) < 4.78 is 0. The molecule has 1 amide bonds. The standard InChI is InChI=1S/C13H27N3O/c1-10-8-11(10)9-16(4)7-5-6-13(2,15-3)12(14)17/h10-11,15H,5-9H2,1-4H3,(H2,14,17). The molecule has 3 unspecified atom stereocenters. The van der Waals surface area contributed by atoms with Gasteiger partial charge in [0, 0.05) is 6.54 Å². The topological polar surface area (TPSA) is 58.4 Å². The van der Waals surface area contributed by atoms with Crippen molar-refractivity contribution in [2.75, 3.05) is 27.2 Å². The summed E-state index contributed by atoms with van der Waals surface area (Å²) in [6, 6.07) is 0. The van der Waals surface area contributed by atoms with Crippen LogP contribution in [0.15, 0.2) is 0 Å². The molecule has 1 fully saturated rings. The molecule has 1 saturated carbocycles. The second-order valence-electron chi connectivity index (χ2n) is 5.79. The molecule has 0 aliphatic heterocycles. The zero-order chi connectivity index (χ0) is 13.1. The van der Waals surface area contributed by atoms with Gasteiger partial charge in [-0.2, -0.15) is 0 Å². The lowest BCUT2D eigenvalue weighted by Crippen LogP contribution is -2.51. The van der Waals surface area contributed by atoms with Gasteiger partial charge in [-0.05, 0) is 58.7 Å². The number of amides is 1. The lowest BCUT2D eigenvalue weighted by atomic mass is 9.95. The highest BCUT2D eigenvalue weighted by molar-refractivity contribution is 5.84. The van der Waals surface area contributed by atoms with E-state index in [2.05, 4.69) is 24.2 Å². The van der Waals surface area contributed by atoms with Crippen LogP contribution in [0.1, 0.15) is 33.1 Å². The van der Waals surface area contributed by atoms with Crippen LogP contribution in [0.5, 0.6) is 0 Å². The first-order valence-electron chi connectivity index (χ1n) is 6.56. The monoisotopic (exact) mass is 241 g/mol. The zero-order valence-corrected chi connectivity index (χ0v) is 11.6. The van der Waals surface area contributed by atoms with Gasteiger partial charge in [0.25, 0.3) is 0 Å². The van der Waals surface area contributed by atoms with Gasteiger partial charge in [0.2, 0.25) is 5.91 Å². The van der Waals surface area contributed by atoms with Gasteiger partial charge in [-0.1, -0.05) is 6.92 Å². The van der Waals surface area contributed by atoms with Crippen molar-refractivity contribution in [3.8, 4) is 0 Å². The lowest BCUT2D eigenvalue weighted by molar-refractivity contribution is -0.123. The number of likely N-dealkylation sites (N-methyl/N-ethyl adjacent to an activating group) is 1. The van der Waals surface area contributed by atoms with E-state index in [0.717, 1.165) is 31.2 Å². The van der Waals surface area contributed by atoms with Crippen LogP contribution in [0.25, 0.3) is 0 Å². The maximum atomic E-state index is 11.3. The van der Waals surface area contributed by atoms with Crippen LogP contribution in [0.3, 0.4) is 0 Å². The second-order valence-corrected chi connectivity index (χ2v) is 5.79. The molecule has 0 saturated heterocycles. The third-order valence-corrected chi connectivity index (χ3v) is 4.13. The van der Waals surface area contributed by atoms with Crippen LogP contribution in [0, 0.1) is 11.8 Å². The minimum atomic E-state index is -0.562. The normalized spacial score (nSPS) is 26.9. The zero-order valence-electron chi connectivity index (χ0n) is 11.6. The quantitative estimate of drug-likeness (QED) is 0.661. The molecule has 3 atom stereocenters. The Hall–Kier alpha value is -0.610. The Bertz CT molecular complexity index is 269. The van der Waals surface area contributed by atoms with E-state index in [1.807, 2.05) is 6.92 Å². The number of nitrogens with zero attached hydrogens (tertiary/aromatic N) is 1. The summed E-state index contributed by atoms with van der Waals surface area (Å²) in [6.45, 7) is 6.41. The van der Waals surface area contributed by atoms with Gasteiger partial charge in [-0.25, -0.2) is 0 Å². The van der Waals surface area contributed by atoms with E-state index in [1.165, 1.54) is 13.0 Å². The van der Waals surface area contributed by atoms with Gasteiger partial charge in [0.1, 0.15) is 0 Å². The Morgan fingerprint density at radius 3 is 2.59 bits per heavy atom. The average Bonchev–Trinajstić information content (AvgIpc) is 2.93. The van der Waals surface area contributed by atoms with Gasteiger partial charge >= 0.3 is 0 Å². The van der Waals surface area contributed by atoms with E-state index in [-0.39, 0.29) is 5.91 Å². The molecule has 1 rings (SSSR count). The molecule has 4 nitrogen and oxygen atoms in total. The van der Waals surface area contributed by atoms with Crippen molar-refractivity contribution in [1.82, 2.24) is 10.2 Å². The summed E-state index contributed by atoms with van der Waals surface area (Å²) in [6.07, 6.45) is 3.17. The molecule has 4 heteroatoms. The first-order chi connectivity index (χ1) is 7.89. The third kappa shape index (κ3) is 4.28. The first kappa shape index (κ1) is 14.5. The summed E-state index contributed by atoms with van der Waals surface area (Å²) in [4.78, 5) is 13.7. The molecule has 0 aromatic carbocycles. The van der Waals surface area contributed by atoms with Crippen molar-refractivity contribution in [2.24, 2.45) is 17.6 Å². The van der Waals surface area contributed by atoms with Gasteiger partial charge in [0.05, 0.1) is 5.54 Å². The number of carbonyl (C=O) groups is 1. The van der Waals surface area contributed by atoms with Crippen LogP contribution in [-0.2, 0) is 4.79 Å². The van der Waals surface area contributed by atoms with E-state index in [9.17, 15) is 4.79 Å². The van der Waals surface area contributed by atoms with Gasteiger partial charge in [-0.15, -0.1) is 0 Å². The Kier molecular flexibility index (Phi) is 4.95. The molecule has 0 heterocycles. The fourth-order valence-corrected chi connectivity index (χ4v) is 2.22. The minimum absolute atomic E-state index is 0.265. The van der Waals surface area contributed by atoms with E-state index in [1.54, 1.807) is 7.05 Å². The largest absolute Gasteiger partial charge is 0.368 e. The van der Waals surface area contributed by atoms with Gasteiger partial charge in [-0.3, -0.25) is 4.79 Å². The number of hydrogen-bond donors (Lipinski definition) is 2. The first-order valence-corrected chi connectivity index (χ1v) is 6.56. The van der Waals surface area contributed by atoms with E-state index in [0.29, 0.717) is 0 Å². The number of nitrogens with two attached hydrogens (primary N) is 1. The van der Waals surface area contributed by atoms with Crippen molar-refractivity contribution in [3.63, 3.8) is 0 Å². The van der Waals surface area contributed by atoms with Crippen LogP contribution in [-0.4, -0.2) is 43.5 Å². The predicted octanol–water partition coefficient (Wildman–Crippen LogP) is 0.818. The SMILES string of the molecule is CNC(C)(CCCN(C)CC1CC1C)C(N)=O. The second kappa shape index (κ2) is 5.83. The molecule has 0 bridgehead atoms. The molecule has 100 valence electrons. The van der Waals surface area contributed by atoms with E-state index in [4.69, 9.17) is 5.73 Å². The molecule has 1 aliphatic rings. The molecule has 0 aromatic rings. The van der Waals surface area contributed by atoms with Gasteiger partial charge in [0.15, 0.2) is 0 Å². The smallest absolute Gasteiger partial charge is 0.237 e. The molecule has 1 aliphatic carbocycles. The Balaban J connectivity index is 2.19. The maximum Gasteiger partial charge on any atom is 0.237 e. The maximum absolute atomic E-state index is 11.3. The van der Waals surface area contributed by atoms with Crippen LogP contribution < -0.4 is 11.1 Å². The van der Waals surface area contributed by atoms with Crippen LogP contribution in [0.2, 0.25) is 0 Å². The summed E-state index contributed by atoms with van der Waals surface area (Å²) in [5.74, 6) is 1.54. The predicted molar refractivity (Wildman–Crippen MR) is 70.7 cm³/mol. The molecule has 0 radical (unpaired) electrons. The van der Waals surface area contributed by atoms with E-state index < -0.39 is 5.54 Å². The highest BCUT2D eigenvalue weighted by atomic mass is 16.1. The molecular formula is C13H27N3O. The summed E-state index contributed by atoms with van der Waals surface area (Å²) in [5.41, 5.74) is 4.83. The summed E-state index contributed by atoms with van der Waals surface area (Å²) >= 11 is 0. The summed E-state index contributed by atoms with van der Waals surface area (Å²) in [7, 11) is 3.95. The number of rotatable bonds is 8. The number of primary amides is 1. The Morgan fingerprint density at radius 1 is 1.59 bits per heavy atom. The van der Waals surface area contributed by atoms with Crippen molar-refractivity contribution < 1.29 is 4.79 Å². The molecular weight excluding hydrogens is 214 g/mol. The Morgan fingerprint density at radius 2 is 2.18 bits per heavy atom. The van der Waals surface area contributed by atoms with E-state index >= 15 is 0 Å². The fourth-order valence-electron chi connectivity index (χ4n) is 2.22. The number of hydrogen-bond acceptors (Lipinski definition) is 3. The Labute approximate surface area is 105 Å². The van der Waals surface area contributed by atoms with Crippen LogP contribution >= 0.6 is 0 Å². The number of nitrogens with one attached hydrogen (secondary N) is 1. The molecule has 17 heavy (non-hydrogen) atoms. The van der Waals surface area contributed by atoms with Crippen molar-refractivity contribution in [3.05, 3.63) is 0 Å². The average molecular weight is 241 g/mol. The fraction of sp³-hybridized carbons (Fsp3) is 0.923. The lowest BCUT2D eigenvalue weighted by Gasteiger charge is -2.26. The van der Waals surface area contributed by atoms with Crippen molar-refractivity contribution >= 4 is 5.91 Å². The van der Waals surface area contributed by atoms with Crippen molar-refractivity contribution in [1.29, 1.82) is 0 Å². The molecule has 3 N–H and O–H groups in total. The third-order valence-electron chi connectivity index (χ3n) is 4.13. The van der Waals surface area contributed by atoms with Crippen molar-refractivity contribution in [2.45, 2.75) is 38.6 Å². The highest BCUT2D eigenvalue weighted by Gasteiger charge is 2.33. The minimum Gasteiger partial charge on any atom is -0.368 e. The van der Waals surface area contributed by atoms with Gasteiger partial charge < -0.3 is 16.0 Å². The number of carbonyl (C=O) groups excluding carboxylic acids is 1. The molecule has 0 aromatic heterocycles. The summed E-state index contributed by atoms with van der Waals surface area (Å²) in [5, 5.41) is 3.02. The highest BCUT2D eigenvalue weighted by Crippen LogP contribution is 2.37. The van der Waals surface area contributed by atoms with Crippen LogP contribution in [0.4, 0.5) is 0 Å². The molecule has 0 spiro atoms.